The van der Waals surface area contributed by atoms with Gasteiger partial charge in [0.1, 0.15) is 0 Å². The maximum absolute atomic E-state index is 4.29. The molecule has 96 valence electrons. The Morgan fingerprint density at radius 3 is 2.82 bits per heavy atom. The highest BCUT2D eigenvalue weighted by Crippen LogP contribution is 2.14. The molecule has 0 spiro atoms. The normalized spacial score (nSPS) is 18.7. The second-order valence-corrected chi connectivity index (χ2v) is 6.16. The standard InChI is InChI=1S/C13H23N3S/c1-3-6-16-7-4-12(5-8-16)15-10-13-9-14-11(2)17-13/h9,12,15H,3-8,10H2,1-2H3. The first-order chi connectivity index (χ1) is 8.28. The van der Waals surface area contributed by atoms with Gasteiger partial charge in [0.2, 0.25) is 0 Å². The van der Waals surface area contributed by atoms with Gasteiger partial charge in [-0.15, -0.1) is 11.3 Å². The second kappa shape index (κ2) is 6.47. The Morgan fingerprint density at radius 2 is 2.24 bits per heavy atom. The fourth-order valence-corrected chi connectivity index (χ4v) is 3.15. The third kappa shape index (κ3) is 4.05. The summed E-state index contributed by atoms with van der Waals surface area (Å²) in [6.45, 7) is 9.10. The monoisotopic (exact) mass is 253 g/mol. The molecule has 1 aliphatic rings. The molecule has 0 unspecified atom stereocenters. The van der Waals surface area contributed by atoms with Gasteiger partial charge in [0, 0.05) is 23.7 Å². The van der Waals surface area contributed by atoms with Gasteiger partial charge in [-0.05, 0) is 45.8 Å². The largest absolute Gasteiger partial charge is 0.309 e. The van der Waals surface area contributed by atoms with Crippen molar-refractivity contribution in [1.82, 2.24) is 15.2 Å². The number of hydrogen-bond donors (Lipinski definition) is 1. The lowest BCUT2D eigenvalue weighted by molar-refractivity contribution is 0.197. The SMILES string of the molecule is CCCN1CCC(NCc2cnc(C)s2)CC1. The molecule has 0 radical (unpaired) electrons. The lowest BCUT2D eigenvalue weighted by atomic mass is 10.0. The Bertz CT molecular complexity index is 329. The Labute approximate surface area is 108 Å². The minimum absolute atomic E-state index is 0.700. The topological polar surface area (TPSA) is 28.2 Å². The lowest BCUT2D eigenvalue weighted by Gasteiger charge is -2.32. The summed E-state index contributed by atoms with van der Waals surface area (Å²) in [7, 11) is 0. The molecule has 1 N–H and O–H groups in total. The van der Waals surface area contributed by atoms with Crippen molar-refractivity contribution in [2.45, 2.75) is 45.7 Å². The van der Waals surface area contributed by atoms with E-state index in [9.17, 15) is 0 Å². The van der Waals surface area contributed by atoms with Gasteiger partial charge in [0.05, 0.1) is 5.01 Å². The van der Waals surface area contributed by atoms with E-state index < -0.39 is 0 Å². The summed E-state index contributed by atoms with van der Waals surface area (Å²) < 4.78 is 0. The van der Waals surface area contributed by atoms with Crippen molar-refractivity contribution in [3.63, 3.8) is 0 Å². The number of likely N-dealkylation sites (tertiary alicyclic amines) is 1. The molecule has 17 heavy (non-hydrogen) atoms. The van der Waals surface area contributed by atoms with Crippen LogP contribution in [0.25, 0.3) is 0 Å². The van der Waals surface area contributed by atoms with Crippen molar-refractivity contribution in [1.29, 1.82) is 0 Å². The molecule has 1 aliphatic heterocycles. The average molecular weight is 253 g/mol. The fraction of sp³-hybridized carbons (Fsp3) is 0.769. The van der Waals surface area contributed by atoms with E-state index in [1.54, 1.807) is 11.3 Å². The van der Waals surface area contributed by atoms with Crippen molar-refractivity contribution in [2.24, 2.45) is 0 Å². The highest BCUT2D eigenvalue weighted by atomic mass is 32.1. The molecule has 4 heteroatoms. The summed E-state index contributed by atoms with van der Waals surface area (Å²) in [4.78, 5) is 8.23. The van der Waals surface area contributed by atoms with E-state index in [-0.39, 0.29) is 0 Å². The van der Waals surface area contributed by atoms with E-state index in [2.05, 4.69) is 29.0 Å². The zero-order valence-corrected chi connectivity index (χ0v) is 11.7. The zero-order chi connectivity index (χ0) is 12.1. The molecule has 1 saturated heterocycles. The van der Waals surface area contributed by atoms with Crippen LogP contribution in [-0.4, -0.2) is 35.6 Å². The summed E-state index contributed by atoms with van der Waals surface area (Å²) in [5, 5.41) is 4.82. The quantitative estimate of drug-likeness (QED) is 0.873. The number of rotatable bonds is 5. The van der Waals surface area contributed by atoms with Crippen LogP contribution in [0.15, 0.2) is 6.20 Å². The van der Waals surface area contributed by atoms with Crippen molar-refractivity contribution >= 4 is 11.3 Å². The van der Waals surface area contributed by atoms with Gasteiger partial charge >= 0.3 is 0 Å². The minimum atomic E-state index is 0.700. The molecule has 0 atom stereocenters. The summed E-state index contributed by atoms with van der Waals surface area (Å²) in [5.41, 5.74) is 0. The van der Waals surface area contributed by atoms with Gasteiger partial charge in [0.15, 0.2) is 0 Å². The number of thiazole rings is 1. The van der Waals surface area contributed by atoms with Crippen LogP contribution in [0.4, 0.5) is 0 Å². The van der Waals surface area contributed by atoms with Crippen LogP contribution in [0.1, 0.15) is 36.1 Å². The number of aryl methyl sites for hydroxylation is 1. The molecule has 0 saturated carbocycles. The van der Waals surface area contributed by atoms with E-state index in [1.165, 1.54) is 48.8 Å². The lowest BCUT2D eigenvalue weighted by Crippen LogP contribution is -2.42. The van der Waals surface area contributed by atoms with Gasteiger partial charge in [-0.25, -0.2) is 4.98 Å². The predicted octanol–water partition coefficient (Wildman–Crippen LogP) is 2.42. The first-order valence-electron chi connectivity index (χ1n) is 6.65. The summed E-state index contributed by atoms with van der Waals surface area (Å²) in [6.07, 6.45) is 5.85. The Kier molecular flexibility index (Phi) is 4.95. The summed E-state index contributed by atoms with van der Waals surface area (Å²) in [6, 6.07) is 0.700. The van der Waals surface area contributed by atoms with Crippen molar-refractivity contribution in [2.75, 3.05) is 19.6 Å². The maximum atomic E-state index is 4.29. The van der Waals surface area contributed by atoms with E-state index in [0.29, 0.717) is 6.04 Å². The van der Waals surface area contributed by atoms with Gasteiger partial charge in [0.25, 0.3) is 0 Å². The number of aromatic nitrogens is 1. The third-order valence-corrected chi connectivity index (χ3v) is 4.27. The summed E-state index contributed by atoms with van der Waals surface area (Å²) >= 11 is 1.80. The Balaban J connectivity index is 1.68. The molecule has 3 nitrogen and oxygen atoms in total. The summed E-state index contributed by atoms with van der Waals surface area (Å²) in [5.74, 6) is 0. The smallest absolute Gasteiger partial charge is 0.0897 e. The first kappa shape index (κ1) is 13.0. The molecule has 1 aromatic rings. The van der Waals surface area contributed by atoms with E-state index >= 15 is 0 Å². The van der Waals surface area contributed by atoms with Crippen LogP contribution in [0, 0.1) is 6.92 Å². The van der Waals surface area contributed by atoms with E-state index in [1.807, 2.05) is 6.20 Å². The third-order valence-electron chi connectivity index (χ3n) is 3.36. The number of hydrogen-bond acceptors (Lipinski definition) is 4. The van der Waals surface area contributed by atoms with E-state index in [4.69, 9.17) is 0 Å². The van der Waals surface area contributed by atoms with Crippen molar-refractivity contribution < 1.29 is 0 Å². The minimum Gasteiger partial charge on any atom is -0.309 e. The highest BCUT2D eigenvalue weighted by Gasteiger charge is 2.17. The van der Waals surface area contributed by atoms with Crippen molar-refractivity contribution in [3.05, 3.63) is 16.1 Å². The Hall–Kier alpha value is -0.450. The van der Waals surface area contributed by atoms with E-state index in [0.717, 1.165) is 6.54 Å². The van der Waals surface area contributed by atoms with Crippen LogP contribution in [0.3, 0.4) is 0 Å². The van der Waals surface area contributed by atoms with Crippen LogP contribution in [0.5, 0.6) is 0 Å². The van der Waals surface area contributed by atoms with Gasteiger partial charge in [-0.1, -0.05) is 6.92 Å². The van der Waals surface area contributed by atoms with Crippen LogP contribution in [0.2, 0.25) is 0 Å². The number of piperidine rings is 1. The van der Waals surface area contributed by atoms with Gasteiger partial charge in [-0.3, -0.25) is 0 Å². The molecule has 1 aromatic heterocycles. The van der Waals surface area contributed by atoms with Crippen molar-refractivity contribution in [3.8, 4) is 0 Å². The average Bonchev–Trinajstić information content (AvgIpc) is 2.75. The van der Waals surface area contributed by atoms with Gasteiger partial charge < -0.3 is 10.2 Å². The first-order valence-corrected chi connectivity index (χ1v) is 7.46. The highest BCUT2D eigenvalue weighted by molar-refractivity contribution is 7.11. The molecule has 0 bridgehead atoms. The second-order valence-electron chi connectivity index (χ2n) is 4.84. The molecule has 2 heterocycles. The Morgan fingerprint density at radius 1 is 1.47 bits per heavy atom. The predicted molar refractivity (Wildman–Crippen MR) is 73.4 cm³/mol. The van der Waals surface area contributed by atoms with Crippen LogP contribution < -0.4 is 5.32 Å². The molecule has 0 amide bonds. The number of nitrogens with zero attached hydrogens (tertiary/aromatic N) is 2. The zero-order valence-electron chi connectivity index (χ0n) is 10.9. The molecular formula is C13H23N3S. The molecule has 2 rings (SSSR count). The molecule has 0 aliphatic carbocycles. The maximum Gasteiger partial charge on any atom is 0.0897 e. The van der Waals surface area contributed by atoms with Crippen LogP contribution in [-0.2, 0) is 6.54 Å². The molecule has 0 aromatic carbocycles. The van der Waals surface area contributed by atoms with Gasteiger partial charge in [-0.2, -0.15) is 0 Å². The van der Waals surface area contributed by atoms with Crippen LogP contribution >= 0.6 is 11.3 Å². The molecule has 1 fully saturated rings. The fourth-order valence-electron chi connectivity index (χ4n) is 2.41. The number of nitrogens with one attached hydrogen (secondary N) is 1. The molecular weight excluding hydrogens is 230 g/mol.